The van der Waals surface area contributed by atoms with Crippen molar-refractivity contribution in [2.24, 2.45) is 11.5 Å². The monoisotopic (exact) mass is 456 g/mol. The molecule has 7 nitrogen and oxygen atoms in total. The first-order valence-electron chi connectivity index (χ1n) is 9.99. The molecule has 2 aromatic rings. The average molecular weight is 457 g/mol. The molecule has 166 valence electrons. The van der Waals surface area contributed by atoms with Crippen LogP contribution in [0.4, 0.5) is 14.6 Å². The van der Waals surface area contributed by atoms with Gasteiger partial charge in [-0.05, 0) is 24.0 Å². The van der Waals surface area contributed by atoms with Gasteiger partial charge >= 0.3 is 0 Å². The summed E-state index contributed by atoms with van der Waals surface area (Å²) in [7, 11) is 0. The second kappa shape index (κ2) is 9.51. The number of nitrogens with zero attached hydrogens (tertiary/aromatic N) is 4. The Bertz CT molecular complexity index is 1100. The highest BCUT2D eigenvalue weighted by Gasteiger charge is 2.43. The largest absolute Gasteiger partial charge is 0.368 e. The van der Waals surface area contributed by atoms with E-state index in [0.29, 0.717) is 17.5 Å². The van der Waals surface area contributed by atoms with Crippen LogP contribution in [0.1, 0.15) is 40.8 Å². The van der Waals surface area contributed by atoms with E-state index in [9.17, 15) is 24.1 Å². The summed E-state index contributed by atoms with van der Waals surface area (Å²) in [5, 5.41) is 18.9. The van der Waals surface area contributed by atoms with E-state index in [0.717, 1.165) is 11.8 Å². The smallest absolute Gasteiger partial charge is 0.280 e. The van der Waals surface area contributed by atoms with E-state index in [1.165, 1.54) is 4.90 Å². The number of aromatic nitrogens is 1. The highest BCUT2D eigenvalue weighted by atomic mass is 32.2. The van der Waals surface area contributed by atoms with Gasteiger partial charge in [-0.3, -0.25) is 4.79 Å². The van der Waals surface area contributed by atoms with Gasteiger partial charge in [-0.15, -0.1) is 0 Å². The van der Waals surface area contributed by atoms with Crippen LogP contribution in [0.15, 0.2) is 35.4 Å². The second-order valence-corrected chi connectivity index (χ2v) is 8.53. The Morgan fingerprint density at radius 2 is 1.97 bits per heavy atom. The number of pyridine rings is 1. The number of primary amides is 1. The van der Waals surface area contributed by atoms with E-state index >= 15 is 0 Å². The van der Waals surface area contributed by atoms with E-state index in [4.69, 9.17) is 11.5 Å². The van der Waals surface area contributed by atoms with Gasteiger partial charge in [-0.2, -0.15) is 10.5 Å². The van der Waals surface area contributed by atoms with E-state index in [-0.39, 0.29) is 34.9 Å². The molecular weight excluding hydrogens is 434 g/mol. The number of halogens is 2. The molecule has 3 rings (SSSR count). The fraction of sp³-hybridized carbons (Fsp3) is 0.364. The maximum absolute atomic E-state index is 14.3. The molecule has 0 spiro atoms. The zero-order valence-electron chi connectivity index (χ0n) is 17.4. The maximum Gasteiger partial charge on any atom is 0.280 e. The van der Waals surface area contributed by atoms with Gasteiger partial charge in [0, 0.05) is 6.54 Å². The lowest BCUT2D eigenvalue weighted by molar-refractivity contribution is -0.117. The molecule has 1 amide bonds. The topological polar surface area (TPSA) is 133 Å². The molecule has 2 heterocycles. The number of nitriles is 2. The van der Waals surface area contributed by atoms with Crippen molar-refractivity contribution in [2.45, 2.75) is 42.0 Å². The van der Waals surface area contributed by atoms with Crippen LogP contribution in [-0.2, 0) is 11.2 Å². The predicted molar refractivity (Wildman–Crippen MR) is 117 cm³/mol. The minimum Gasteiger partial charge on any atom is -0.368 e. The van der Waals surface area contributed by atoms with Gasteiger partial charge in [0.15, 0.2) is 0 Å². The summed E-state index contributed by atoms with van der Waals surface area (Å²) in [6, 6.07) is 11.6. The lowest BCUT2D eigenvalue weighted by Crippen LogP contribution is -2.55. The Hall–Kier alpha value is -3.21. The number of piperidine rings is 1. The fourth-order valence-electron chi connectivity index (χ4n) is 3.66. The summed E-state index contributed by atoms with van der Waals surface area (Å²) in [6.45, 7) is 1.27. The van der Waals surface area contributed by atoms with Crippen molar-refractivity contribution in [3.05, 3.63) is 52.6 Å². The van der Waals surface area contributed by atoms with Gasteiger partial charge in [0.1, 0.15) is 28.2 Å². The summed E-state index contributed by atoms with van der Waals surface area (Å²) in [6.07, 6.45) is 0.336. The lowest BCUT2D eigenvalue weighted by atomic mass is 9.98. The molecule has 1 aliphatic heterocycles. The number of carbonyl (C=O) groups is 1. The van der Waals surface area contributed by atoms with Crippen molar-refractivity contribution in [1.29, 1.82) is 10.5 Å². The molecule has 0 bridgehead atoms. The molecule has 1 aromatic carbocycles. The summed E-state index contributed by atoms with van der Waals surface area (Å²) < 4.78 is 28.7. The summed E-state index contributed by atoms with van der Waals surface area (Å²) in [4.78, 5) is 18.0. The third-order valence-electron chi connectivity index (χ3n) is 5.37. The molecule has 32 heavy (non-hydrogen) atoms. The van der Waals surface area contributed by atoms with Crippen LogP contribution in [0.5, 0.6) is 0 Å². The Morgan fingerprint density at radius 3 is 2.50 bits per heavy atom. The number of thioether (sulfide) groups is 1. The van der Waals surface area contributed by atoms with Crippen LogP contribution in [0.3, 0.4) is 0 Å². The Kier molecular flexibility index (Phi) is 6.97. The quantitative estimate of drug-likeness (QED) is 0.639. The third kappa shape index (κ3) is 4.52. The van der Waals surface area contributed by atoms with E-state index in [1.54, 1.807) is 37.3 Å². The van der Waals surface area contributed by atoms with Crippen molar-refractivity contribution < 1.29 is 13.6 Å². The zero-order valence-corrected chi connectivity index (χ0v) is 18.2. The summed E-state index contributed by atoms with van der Waals surface area (Å²) in [5.74, 6) is -3.72. The zero-order chi connectivity index (χ0) is 23.5. The number of benzene rings is 1. The minimum absolute atomic E-state index is 0.0252. The van der Waals surface area contributed by atoms with Crippen molar-refractivity contribution >= 4 is 23.5 Å². The molecule has 1 fully saturated rings. The van der Waals surface area contributed by atoms with Crippen molar-refractivity contribution in [2.75, 3.05) is 18.0 Å². The number of hydrogen-bond acceptors (Lipinski definition) is 7. The van der Waals surface area contributed by atoms with Gasteiger partial charge in [0.25, 0.3) is 5.92 Å². The Balaban J connectivity index is 2.14. The number of nitrogens with two attached hydrogens (primary N) is 2. The normalized spacial score (nSPS) is 18.4. The first-order valence-corrected chi connectivity index (χ1v) is 10.9. The molecule has 0 aliphatic carbocycles. The van der Waals surface area contributed by atoms with Crippen LogP contribution in [0.25, 0.3) is 0 Å². The van der Waals surface area contributed by atoms with E-state index < -0.39 is 29.7 Å². The molecular formula is C22H22F2N6OS. The van der Waals surface area contributed by atoms with E-state index in [2.05, 4.69) is 11.1 Å². The SMILES string of the molecule is CCc1c(C#N)c(SC(C(N)=O)c2ccccc2)nc(N2CCC(N)C(F)(F)C2)c1C#N. The number of anilines is 1. The first-order chi connectivity index (χ1) is 15.2. The molecule has 1 aliphatic rings. The summed E-state index contributed by atoms with van der Waals surface area (Å²) in [5.41, 5.74) is 12.4. The van der Waals surface area contributed by atoms with Crippen LogP contribution >= 0.6 is 11.8 Å². The number of amides is 1. The van der Waals surface area contributed by atoms with Crippen LogP contribution in [0.2, 0.25) is 0 Å². The Morgan fingerprint density at radius 1 is 1.31 bits per heavy atom. The fourth-order valence-corrected chi connectivity index (χ4v) is 4.72. The first kappa shape index (κ1) is 23.5. The third-order valence-corrected chi connectivity index (χ3v) is 6.63. The maximum atomic E-state index is 14.3. The highest BCUT2D eigenvalue weighted by Crippen LogP contribution is 2.40. The van der Waals surface area contributed by atoms with Crippen molar-refractivity contribution in [1.82, 2.24) is 4.98 Å². The van der Waals surface area contributed by atoms with Crippen LogP contribution < -0.4 is 16.4 Å². The predicted octanol–water partition coefficient (Wildman–Crippen LogP) is 2.88. The highest BCUT2D eigenvalue weighted by molar-refractivity contribution is 8.00. The average Bonchev–Trinajstić information content (AvgIpc) is 2.78. The molecule has 1 aromatic heterocycles. The van der Waals surface area contributed by atoms with E-state index in [1.807, 2.05) is 6.07 Å². The van der Waals surface area contributed by atoms with Gasteiger partial charge in [-0.1, -0.05) is 49.0 Å². The van der Waals surface area contributed by atoms with Crippen molar-refractivity contribution in [3.8, 4) is 12.1 Å². The second-order valence-electron chi connectivity index (χ2n) is 7.43. The molecule has 0 saturated carbocycles. The minimum atomic E-state index is -3.15. The Labute approximate surface area is 189 Å². The lowest BCUT2D eigenvalue weighted by Gasteiger charge is -2.38. The van der Waals surface area contributed by atoms with Crippen molar-refractivity contribution in [3.63, 3.8) is 0 Å². The number of carbonyl (C=O) groups excluding carboxylic acids is 1. The van der Waals surface area contributed by atoms with Gasteiger partial charge < -0.3 is 16.4 Å². The molecule has 0 radical (unpaired) electrons. The van der Waals surface area contributed by atoms with Crippen LogP contribution in [0, 0.1) is 22.7 Å². The molecule has 2 unspecified atom stereocenters. The summed E-state index contributed by atoms with van der Waals surface area (Å²) >= 11 is 0.972. The van der Waals surface area contributed by atoms with Crippen LogP contribution in [-0.4, -0.2) is 35.9 Å². The van der Waals surface area contributed by atoms with Gasteiger partial charge in [0.2, 0.25) is 5.91 Å². The number of hydrogen-bond donors (Lipinski definition) is 2. The van der Waals surface area contributed by atoms with Gasteiger partial charge in [-0.25, -0.2) is 13.8 Å². The standard InChI is InChI=1S/C22H22F2N6OS/c1-2-14-15(10-25)20(30-9-8-17(27)22(23,24)12-30)29-21(16(14)11-26)32-18(19(28)31)13-6-4-3-5-7-13/h3-7,17-18H,2,8-9,12,27H2,1H3,(H2,28,31). The number of rotatable bonds is 6. The molecule has 2 atom stereocenters. The molecule has 10 heteroatoms. The molecule has 4 N–H and O–H groups in total. The van der Waals surface area contributed by atoms with Gasteiger partial charge in [0.05, 0.1) is 23.7 Å². The molecule has 1 saturated heterocycles. The number of alkyl halides is 2.